The quantitative estimate of drug-likeness (QED) is 0.454. The van der Waals surface area contributed by atoms with Crippen molar-refractivity contribution in [2.24, 2.45) is 0 Å². The summed E-state index contributed by atoms with van der Waals surface area (Å²) in [6.07, 6.45) is 0.557. The molecule has 0 amide bonds. The van der Waals surface area contributed by atoms with E-state index in [0.717, 1.165) is 11.3 Å². The molecule has 1 aliphatic heterocycles. The molecule has 0 spiro atoms. The first-order chi connectivity index (χ1) is 11.6. The van der Waals surface area contributed by atoms with Gasteiger partial charge in [0, 0.05) is 12.1 Å². The highest BCUT2D eigenvalue weighted by Crippen LogP contribution is 2.23. The molecular formula is C18H17N3O2S. The van der Waals surface area contributed by atoms with E-state index in [-0.39, 0.29) is 5.97 Å². The molecule has 3 rings (SSSR count). The number of thiocarbonyl (C=S) groups is 1. The highest BCUT2D eigenvalue weighted by molar-refractivity contribution is 7.80. The van der Waals surface area contributed by atoms with Crippen molar-refractivity contribution in [3.63, 3.8) is 0 Å². The summed E-state index contributed by atoms with van der Waals surface area (Å²) in [5.74, 6) is 0.242. The predicted molar refractivity (Wildman–Crippen MR) is 97.2 cm³/mol. The van der Waals surface area contributed by atoms with Crippen molar-refractivity contribution in [2.45, 2.75) is 13.3 Å². The Bertz CT molecular complexity index is 803. The number of esters is 1. The molecule has 1 heterocycles. The zero-order valence-electron chi connectivity index (χ0n) is 13.1. The minimum atomic E-state index is -0.335. The lowest BCUT2D eigenvalue weighted by Gasteiger charge is -2.21. The summed E-state index contributed by atoms with van der Waals surface area (Å²) in [5.41, 5.74) is 9.02. The summed E-state index contributed by atoms with van der Waals surface area (Å²) in [7, 11) is 0. The summed E-state index contributed by atoms with van der Waals surface area (Å²) < 4.78 is 5.40. The lowest BCUT2D eigenvalue weighted by molar-refractivity contribution is 0.0592. The minimum absolute atomic E-state index is 0.335. The van der Waals surface area contributed by atoms with Gasteiger partial charge in [0.05, 0.1) is 11.3 Å². The molecule has 122 valence electrons. The van der Waals surface area contributed by atoms with Crippen molar-refractivity contribution in [3.8, 4) is 0 Å². The van der Waals surface area contributed by atoms with Gasteiger partial charge in [-0.1, -0.05) is 36.4 Å². The third-order valence-corrected chi connectivity index (χ3v) is 3.82. The number of allylic oxidation sites excluding steroid dienone is 2. The van der Waals surface area contributed by atoms with E-state index < -0.39 is 0 Å². The fourth-order valence-electron chi connectivity index (χ4n) is 2.36. The van der Waals surface area contributed by atoms with Crippen LogP contribution in [0.1, 0.15) is 22.8 Å². The predicted octanol–water partition coefficient (Wildman–Crippen LogP) is 3.12. The third kappa shape index (κ3) is 3.72. The van der Waals surface area contributed by atoms with Crippen molar-refractivity contribution in [1.29, 1.82) is 0 Å². The maximum Gasteiger partial charge on any atom is 0.343 e. The Kier molecular flexibility index (Phi) is 4.77. The molecule has 0 saturated carbocycles. The fraction of sp³-hybridized carbons (Fsp3) is 0.111. The highest BCUT2D eigenvalue weighted by atomic mass is 32.1. The first-order valence-electron chi connectivity index (χ1n) is 7.51. The van der Waals surface area contributed by atoms with Gasteiger partial charge in [-0.25, -0.2) is 4.79 Å². The molecule has 0 aromatic heterocycles. The molecule has 0 bridgehead atoms. The number of hydrogen-bond donors (Lipinski definition) is 3. The van der Waals surface area contributed by atoms with Crippen LogP contribution < -0.4 is 16.2 Å². The maximum atomic E-state index is 12.0. The van der Waals surface area contributed by atoms with Crippen LogP contribution in [0.5, 0.6) is 0 Å². The topological polar surface area (TPSA) is 62.4 Å². The summed E-state index contributed by atoms with van der Waals surface area (Å²) >= 11 is 5.23. The Labute approximate surface area is 145 Å². The summed E-state index contributed by atoms with van der Waals surface area (Å²) in [6, 6.07) is 17.0. The Morgan fingerprint density at radius 3 is 2.54 bits per heavy atom. The van der Waals surface area contributed by atoms with Gasteiger partial charge in [-0.3, -0.25) is 5.43 Å². The zero-order chi connectivity index (χ0) is 16.9. The molecule has 2 aromatic carbocycles. The maximum absolute atomic E-state index is 12.0. The van der Waals surface area contributed by atoms with Crippen LogP contribution in [0.4, 0.5) is 5.69 Å². The molecule has 0 fully saturated rings. The van der Waals surface area contributed by atoms with Gasteiger partial charge in [0.1, 0.15) is 5.76 Å². The van der Waals surface area contributed by atoms with E-state index >= 15 is 0 Å². The van der Waals surface area contributed by atoms with Gasteiger partial charge in [0.2, 0.25) is 0 Å². The van der Waals surface area contributed by atoms with Crippen LogP contribution in [0, 0.1) is 0 Å². The molecule has 0 aliphatic carbocycles. The SMILES string of the molecule is C/C(NNC(=S)Nc1ccccc1)=C1/Cc2ccccc2C(=O)O1. The van der Waals surface area contributed by atoms with E-state index in [9.17, 15) is 4.79 Å². The van der Waals surface area contributed by atoms with Crippen molar-refractivity contribution in [2.75, 3.05) is 5.32 Å². The number of fused-ring (bicyclic) bond motifs is 1. The average Bonchev–Trinajstić information content (AvgIpc) is 2.60. The van der Waals surface area contributed by atoms with Crippen LogP contribution >= 0.6 is 12.2 Å². The van der Waals surface area contributed by atoms with Gasteiger partial charge in [-0.15, -0.1) is 0 Å². The number of carbonyl (C=O) groups excluding carboxylic acids is 1. The third-order valence-electron chi connectivity index (χ3n) is 3.62. The molecule has 5 nitrogen and oxygen atoms in total. The first kappa shape index (κ1) is 16.0. The molecule has 0 saturated heterocycles. The van der Waals surface area contributed by atoms with Gasteiger partial charge in [-0.05, 0) is 42.9 Å². The van der Waals surface area contributed by atoms with Crippen LogP contribution in [0.2, 0.25) is 0 Å². The summed E-state index contributed by atoms with van der Waals surface area (Å²) in [6.45, 7) is 1.83. The smallest absolute Gasteiger partial charge is 0.343 e. The van der Waals surface area contributed by atoms with Crippen LogP contribution in [0.25, 0.3) is 0 Å². The Morgan fingerprint density at radius 1 is 1.04 bits per heavy atom. The molecule has 0 atom stereocenters. The Hall–Kier alpha value is -2.86. The number of benzene rings is 2. The summed E-state index contributed by atoms with van der Waals surface area (Å²) in [5, 5.41) is 3.47. The lowest BCUT2D eigenvalue weighted by atomic mass is 10.0. The molecular weight excluding hydrogens is 322 g/mol. The van der Waals surface area contributed by atoms with Gasteiger partial charge in [-0.2, -0.15) is 0 Å². The number of nitrogens with one attached hydrogen (secondary N) is 3. The first-order valence-corrected chi connectivity index (χ1v) is 7.92. The van der Waals surface area contributed by atoms with Crippen molar-refractivity contribution >= 4 is 29.0 Å². The van der Waals surface area contributed by atoms with E-state index in [0.29, 0.717) is 28.6 Å². The molecule has 0 radical (unpaired) electrons. The number of rotatable bonds is 3. The zero-order valence-corrected chi connectivity index (χ0v) is 13.9. The Balaban J connectivity index is 1.62. The number of ether oxygens (including phenoxy) is 1. The summed E-state index contributed by atoms with van der Waals surface area (Å²) in [4.78, 5) is 12.0. The molecule has 1 aliphatic rings. The van der Waals surface area contributed by atoms with Gasteiger partial charge >= 0.3 is 5.97 Å². The van der Waals surface area contributed by atoms with Gasteiger partial charge in [0.25, 0.3) is 0 Å². The molecule has 24 heavy (non-hydrogen) atoms. The molecule has 2 aromatic rings. The number of para-hydroxylation sites is 1. The number of hydrogen-bond acceptors (Lipinski definition) is 4. The van der Waals surface area contributed by atoms with E-state index in [1.165, 1.54) is 0 Å². The van der Waals surface area contributed by atoms with Crippen LogP contribution in [-0.2, 0) is 11.2 Å². The largest absolute Gasteiger partial charge is 0.425 e. The van der Waals surface area contributed by atoms with E-state index in [4.69, 9.17) is 17.0 Å². The standard InChI is InChI=1S/C18H17N3O2S/c1-12(20-21-18(24)19-14-8-3-2-4-9-14)16-11-13-7-5-6-10-15(13)17(22)23-16/h2-10,20H,11H2,1H3,(H2,19,21,24)/b16-12+. The number of cyclic esters (lactones) is 1. The fourth-order valence-corrected chi connectivity index (χ4v) is 2.53. The van der Waals surface area contributed by atoms with E-state index in [2.05, 4.69) is 16.2 Å². The second-order valence-electron chi connectivity index (χ2n) is 5.34. The Morgan fingerprint density at radius 2 is 1.75 bits per heavy atom. The normalized spacial score (nSPS) is 15.0. The van der Waals surface area contributed by atoms with Crippen molar-refractivity contribution in [1.82, 2.24) is 10.9 Å². The molecule has 6 heteroatoms. The molecule has 3 N–H and O–H groups in total. The second kappa shape index (κ2) is 7.14. The second-order valence-corrected chi connectivity index (χ2v) is 5.75. The van der Waals surface area contributed by atoms with Gasteiger partial charge in [0.15, 0.2) is 5.11 Å². The van der Waals surface area contributed by atoms with Crippen LogP contribution in [-0.4, -0.2) is 11.1 Å². The number of anilines is 1. The number of hydrazine groups is 1. The van der Waals surface area contributed by atoms with Gasteiger partial charge < -0.3 is 15.5 Å². The van der Waals surface area contributed by atoms with E-state index in [1.807, 2.05) is 55.5 Å². The number of carbonyl (C=O) groups is 1. The van der Waals surface area contributed by atoms with Crippen LogP contribution in [0.3, 0.4) is 0 Å². The minimum Gasteiger partial charge on any atom is -0.425 e. The molecule has 0 unspecified atom stereocenters. The van der Waals surface area contributed by atoms with Crippen LogP contribution in [0.15, 0.2) is 66.1 Å². The van der Waals surface area contributed by atoms with E-state index in [1.54, 1.807) is 6.07 Å². The van der Waals surface area contributed by atoms with Crippen molar-refractivity contribution in [3.05, 3.63) is 77.2 Å². The van der Waals surface area contributed by atoms with Crippen molar-refractivity contribution < 1.29 is 9.53 Å². The monoisotopic (exact) mass is 339 g/mol. The lowest BCUT2D eigenvalue weighted by Crippen LogP contribution is -2.40. The highest BCUT2D eigenvalue weighted by Gasteiger charge is 2.23. The average molecular weight is 339 g/mol.